The van der Waals surface area contributed by atoms with E-state index >= 15 is 0 Å². The van der Waals surface area contributed by atoms with Crippen LogP contribution in [0.2, 0.25) is 0 Å². The van der Waals surface area contributed by atoms with Crippen molar-refractivity contribution >= 4 is 11.6 Å². The molecule has 0 saturated heterocycles. The minimum absolute atomic E-state index is 0.0937. The second kappa shape index (κ2) is 8.11. The van der Waals surface area contributed by atoms with Gasteiger partial charge in [0.15, 0.2) is 0 Å². The fraction of sp³-hybridized carbons (Fsp3) is 0.429. The van der Waals surface area contributed by atoms with Crippen molar-refractivity contribution in [3.05, 3.63) is 29.8 Å². The van der Waals surface area contributed by atoms with Gasteiger partial charge in [0, 0.05) is 20.3 Å². The first-order chi connectivity index (χ1) is 9.19. The Morgan fingerprint density at radius 2 is 2.21 bits per heavy atom. The number of para-hydroxylation sites is 1. The summed E-state index contributed by atoms with van der Waals surface area (Å²) < 4.78 is 4.91. The zero-order valence-electron chi connectivity index (χ0n) is 11.3. The van der Waals surface area contributed by atoms with Crippen molar-refractivity contribution in [3.63, 3.8) is 0 Å². The lowest BCUT2D eigenvalue weighted by atomic mass is 10.1. The standard InChI is InChI=1S/C14H19N3O2/c1-11(14(18)16-8-5-9-19-2)17-13-7-4-3-6-12(13)10-15/h3-4,6-7,11,17H,5,8-9H2,1-2H3,(H,16,18). The van der Waals surface area contributed by atoms with Gasteiger partial charge in [0.1, 0.15) is 12.1 Å². The molecule has 1 aromatic rings. The van der Waals surface area contributed by atoms with E-state index in [2.05, 4.69) is 16.7 Å². The average molecular weight is 261 g/mol. The Kier molecular flexibility index (Phi) is 6.41. The van der Waals surface area contributed by atoms with Crippen molar-refractivity contribution in [1.29, 1.82) is 5.26 Å². The van der Waals surface area contributed by atoms with Gasteiger partial charge >= 0.3 is 0 Å². The monoisotopic (exact) mass is 261 g/mol. The molecule has 5 heteroatoms. The van der Waals surface area contributed by atoms with E-state index in [4.69, 9.17) is 10.00 Å². The van der Waals surface area contributed by atoms with Crippen LogP contribution in [0.5, 0.6) is 0 Å². The minimum Gasteiger partial charge on any atom is -0.385 e. The third kappa shape index (κ3) is 4.98. The van der Waals surface area contributed by atoms with Crippen molar-refractivity contribution in [2.75, 3.05) is 25.6 Å². The molecule has 2 N–H and O–H groups in total. The number of nitrogens with one attached hydrogen (secondary N) is 2. The van der Waals surface area contributed by atoms with Crippen LogP contribution in [-0.4, -0.2) is 32.2 Å². The van der Waals surface area contributed by atoms with Gasteiger partial charge in [-0.15, -0.1) is 0 Å². The molecule has 0 heterocycles. The number of methoxy groups -OCH3 is 1. The summed E-state index contributed by atoms with van der Waals surface area (Å²) in [6.45, 7) is 2.97. The molecule has 0 aliphatic rings. The molecule has 1 aromatic carbocycles. The summed E-state index contributed by atoms with van der Waals surface area (Å²) in [6, 6.07) is 8.81. The van der Waals surface area contributed by atoms with E-state index < -0.39 is 6.04 Å². The highest BCUT2D eigenvalue weighted by molar-refractivity contribution is 5.84. The van der Waals surface area contributed by atoms with Crippen LogP contribution in [0.25, 0.3) is 0 Å². The Morgan fingerprint density at radius 1 is 1.47 bits per heavy atom. The van der Waals surface area contributed by atoms with Crippen LogP contribution in [-0.2, 0) is 9.53 Å². The highest BCUT2D eigenvalue weighted by atomic mass is 16.5. The Morgan fingerprint density at radius 3 is 2.89 bits per heavy atom. The van der Waals surface area contributed by atoms with Gasteiger partial charge in [-0.1, -0.05) is 12.1 Å². The number of carbonyl (C=O) groups excluding carboxylic acids is 1. The summed E-state index contributed by atoms with van der Waals surface area (Å²) in [5.41, 5.74) is 1.20. The molecule has 19 heavy (non-hydrogen) atoms. The van der Waals surface area contributed by atoms with Crippen LogP contribution < -0.4 is 10.6 Å². The topological polar surface area (TPSA) is 74.2 Å². The normalized spacial score (nSPS) is 11.4. The number of carbonyl (C=O) groups is 1. The van der Waals surface area contributed by atoms with Crippen LogP contribution >= 0.6 is 0 Å². The van der Waals surface area contributed by atoms with E-state index in [1.165, 1.54) is 0 Å². The van der Waals surface area contributed by atoms with Gasteiger partial charge < -0.3 is 15.4 Å². The molecule has 0 saturated carbocycles. The third-order valence-corrected chi connectivity index (χ3v) is 2.64. The predicted molar refractivity (Wildman–Crippen MR) is 73.7 cm³/mol. The fourth-order valence-corrected chi connectivity index (χ4v) is 1.59. The third-order valence-electron chi connectivity index (χ3n) is 2.64. The predicted octanol–water partition coefficient (Wildman–Crippen LogP) is 1.51. The molecule has 102 valence electrons. The molecule has 0 bridgehead atoms. The Balaban J connectivity index is 2.48. The van der Waals surface area contributed by atoms with Gasteiger partial charge in [0.25, 0.3) is 0 Å². The van der Waals surface area contributed by atoms with Crippen molar-refractivity contribution in [1.82, 2.24) is 5.32 Å². The number of nitriles is 1. The molecule has 0 fully saturated rings. The van der Waals surface area contributed by atoms with Gasteiger partial charge in [-0.2, -0.15) is 5.26 Å². The number of anilines is 1. The van der Waals surface area contributed by atoms with E-state index in [0.29, 0.717) is 24.4 Å². The Hall–Kier alpha value is -2.06. The van der Waals surface area contributed by atoms with Gasteiger partial charge in [-0.25, -0.2) is 0 Å². The molecule has 1 amide bonds. The van der Waals surface area contributed by atoms with Gasteiger partial charge in [-0.05, 0) is 25.5 Å². The van der Waals surface area contributed by atoms with Crippen molar-refractivity contribution in [3.8, 4) is 6.07 Å². The van der Waals surface area contributed by atoms with Crippen LogP contribution in [0.3, 0.4) is 0 Å². The van der Waals surface area contributed by atoms with Gasteiger partial charge in [0.2, 0.25) is 5.91 Å². The van der Waals surface area contributed by atoms with Crippen LogP contribution in [0, 0.1) is 11.3 Å². The van der Waals surface area contributed by atoms with Crippen LogP contribution in [0.1, 0.15) is 18.9 Å². The Bertz CT molecular complexity index is 454. The maximum absolute atomic E-state index is 11.8. The number of nitrogens with zero attached hydrogens (tertiary/aromatic N) is 1. The smallest absolute Gasteiger partial charge is 0.242 e. The number of ether oxygens (including phenoxy) is 1. The SMILES string of the molecule is COCCCNC(=O)C(C)Nc1ccccc1C#N. The molecule has 0 spiro atoms. The highest BCUT2D eigenvalue weighted by Crippen LogP contribution is 2.14. The van der Waals surface area contributed by atoms with Crippen molar-refractivity contribution in [2.24, 2.45) is 0 Å². The van der Waals surface area contributed by atoms with E-state index in [0.717, 1.165) is 6.42 Å². The number of rotatable bonds is 7. The van der Waals surface area contributed by atoms with E-state index in [9.17, 15) is 4.79 Å². The first-order valence-corrected chi connectivity index (χ1v) is 6.21. The average Bonchev–Trinajstić information content (AvgIpc) is 2.44. The van der Waals surface area contributed by atoms with Gasteiger partial charge in [0.05, 0.1) is 11.3 Å². The molecule has 0 aromatic heterocycles. The molecule has 0 radical (unpaired) electrons. The molecule has 1 unspecified atom stereocenters. The molecular formula is C14H19N3O2. The maximum Gasteiger partial charge on any atom is 0.242 e. The summed E-state index contributed by atoms with van der Waals surface area (Å²) in [6.07, 6.45) is 0.781. The minimum atomic E-state index is -0.392. The number of benzene rings is 1. The number of hydrogen-bond donors (Lipinski definition) is 2. The lowest BCUT2D eigenvalue weighted by Crippen LogP contribution is -2.38. The van der Waals surface area contributed by atoms with Crippen LogP contribution in [0.15, 0.2) is 24.3 Å². The second-order valence-corrected chi connectivity index (χ2v) is 4.16. The number of amides is 1. The second-order valence-electron chi connectivity index (χ2n) is 4.16. The summed E-state index contributed by atoms with van der Waals surface area (Å²) >= 11 is 0. The number of hydrogen-bond acceptors (Lipinski definition) is 4. The quantitative estimate of drug-likeness (QED) is 0.730. The maximum atomic E-state index is 11.8. The molecule has 1 atom stereocenters. The van der Waals surface area contributed by atoms with Crippen molar-refractivity contribution < 1.29 is 9.53 Å². The lowest BCUT2D eigenvalue weighted by molar-refractivity contribution is -0.121. The van der Waals surface area contributed by atoms with Crippen molar-refractivity contribution in [2.45, 2.75) is 19.4 Å². The lowest BCUT2D eigenvalue weighted by Gasteiger charge is -2.16. The molecular weight excluding hydrogens is 242 g/mol. The summed E-state index contributed by atoms with van der Waals surface area (Å²) in [5, 5.41) is 14.8. The Labute approximate surface area is 113 Å². The molecule has 0 aliphatic heterocycles. The summed E-state index contributed by atoms with van der Waals surface area (Å²) in [7, 11) is 1.63. The first kappa shape index (κ1) is 15.0. The zero-order valence-corrected chi connectivity index (χ0v) is 11.3. The summed E-state index contributed by atoms with van der Waals surface area (Å²) in [5.74, 6) is -0.0937. The van der Waals surface area contributed by atoms with Crippen LogP contribution in [0.4, 0.5) is 5.69 Å². The molecule has 0 aliphatic carbocycles. The van der Waals surface area contributed by atoms with Gasteiger partial charge in [-0.3, -0.25) is 4.79 Å². The largest absolute Gasteiger partial charge is 0.385 e. The van der Waals surface area contributed by atoms with E-state index in [-0.39, 0.29) is 5.91 Å². The highest BCUT2D eigenvalue weighted by Gasteiger charge is 2.13. The molecule has 5 nitrogen and oxygen atoms in total. The van der Waals surface area contributed by atoms with E-state index in [1.807, 2.05) is 6.07 Å². The van der Waals surface area contributed by atoms with E-state index in [1.54, 1.807) is 32.2 Å². The summed E-state index contributed by atoms with van der Waals surface area (Å²) in [4.78, 5) is 11.8. The fourth-order valence-electron chi connectivity index (χ4n) is 1.59. The first-order valence-electron chi connectivity index (χ1n) is 6.21. The zero-order chi connectivity index (χ0) is 14.1. The molecule has 1 rings (SSSR count).